The van der Waals surface area contributed by atoms with Crippen molar-refractivity contribution in [3.63, 3.8) is 0 Å². The quantitative estimate of drug-likeness (QED) is 0.760. The summed E-state index contributed by atoms with van der Waals surface area (Å²) in [7, 11) is -0.245. The Morgan fingerprint density at radius 2 is 1.90 bits per heavy atom. The summed E-state index contributed by atoms with van der Waals surface area (Å²) in [4.78, 5) is 13.2. The molecular weight excluding hydrogens is 280 g/mol. The fourth-order valence-corrected chi connectivity index (χ4v) is 2.68. The molecule has 7 heteroatoms. The number of hydrogen-bond acceptors (Lipinski definition) is 5. The highest BCUT2D eigenvalue weighted by atomic mass is 32.2. The van der Waals surface area contributed by atoms with Crippen LogP contribution in [0, 0.1) is 0 Å². The molecule has 0 aliphatic rings. The third-order valence-corrected chi connectivity index (χ3v) is 4.36. The van der Waals surface area contributed by atoms with E-state index in [0.29, 0.717) is 13.1 Å². The molecule has 0 fully saturated rings. The van der Waals surface area contributed by atoms with Gasteiger partial charge in [-0.25, -0.2) is 13.1 Å². The molecule has 0 saturated carbocycles. The fraction of sp³-hybridized carbons (Fsp3) is 0.462. The Morgan fingerprint density at radius 1 is 1.30 bits per heavy atom. The Morgan fingerprint density at radius 3 is 2.40 bits per heavy atom. The Hall–Kier alpha value is -1.60. The summed E-state index contributed by atoms with van der Waals surface area (Å²) in [5.74, 6) is -0.275. The molecule has 0 heterocycles. The van der Waals surface area contributed by atoms with Crippen LogP contribution in [-0.4, -0.2) is 41.6 Å². The van der Waals surface area contributed by atoms with Gasteiger partial charge in [-0.3, -0.25) is 4.79 Å². The van der Waals surface area contributed by atoms with Gasteiger partial charge in [0.25, 0.3) is 0 Å². The summed E-state index contributed by atoms with van der Waals surface area (Å²) in [6.45, 7) is 2.58. The molecule has 0 atom stereocenters. The van der Waals surface area contributed by atoms with Gasteiger partial charge in [0.15, 0.2) is 0 Å². The molecular formula is C13H20N2O4S. The van der Waals surface area contributed by atoms with Crippen molar-refractivity contribution in [3.05, 3.63) is 24.3 Å². The van der Waals surface area contributed by atoms with E-state index >= 15 is 0 Å². The third kappa shape index (κ3) is 4.50. The number of carbonyl (C=O) groups excluding carboxylic acids is 1. The summed E-state index contributed by atoms with van der Waals surface area (Å²) in [5.41, 5.74) is 0.837. The van der Waals surface area contributed by atoms with E-state index in [0.717, 1.165) is 5.69 Å². The lowest BCUT2D eigenvalue weighted by atomic mass is 10.3. The first-order valence-corrected chi connectivity index (χ1v) is 7.76. The predicted molar refractivity (Wildman–Crippen MR) is 77.2 cm³/mol. The van der Waals surface area contributed by atoms with Crippen molar-refractivity contribution in [2.75, 3.05) is 32.1 Å². The molecule has 0 aromatic heterocycles. The van der Waals surface area contributed by atoms with E-state index in [1.165, 1.54) is 7.11 Å². The van der Waals surface area contributed by atoms with Crippen molar-refractivity contribution in [1.82, 2.24) is 4.72 Å². The minimum Gasteiger partial charge on any atom is -0.469 e. The monoisotopic (exact) mass is 300 g/mol. The molecule has 20 heavy (non-hydrogen) atoms. The minimum absolute atomic E-state index is 0.226. The maximum atomic E-state index is 11.8. The van der Waals surface area contributed by atoms with Crippen LogP contribution in [0.3, 0.4) is 0 Å². The second kappa shape index (κ2) is 7.25. The number of rotatable bonds is 7. The molecule has 0 amide bonds. The Balaban J connectivity index is 2.73. The van der Waals surface area contributed by atoms with E-state index in [-0.39, 0.29) is 17.3 Å². The minimum atomic E-state index is -3.43. The van der Waals surface area contributed by atoms with E-state index in [1.807, 2.05) is 11.9 Å². The number of ether oxygens (including phenoxy) is 1. The highest BCUT2D eigenvalue weighted by Crippen LogP contribution is 2.17. The van der Waals surface area contributed by atoms with Gasteiger partial charge in [-0.05, 0) is 24.3 Å². The number of sulfonamides is 1. The molecule has 6 nitrogen and oxygen atoms in total. The molecule has 1 rings (SSSR count). The first-order valence-electron chi connectivity index (χ1n) is 6.28. The lowest BCUT2D eigenvalue weighted by Gasteiger charge is -2.18. The zero-order chi connectivity index (χ0) is 15.2. The first-order chi connectivity index (χ1) is 9.40. The standard InChI is InChI=1S/C13H20N2O4S/c1-4-14-20(17,18)12-7-5-11(6-8-12)15(2)10-9-13(16)19-3/h5-8,14H,4,9-10H2,1-3H3. The van der Waals surface area contributed by atoms with Gasteiger partial charge >= 0.3 is 5.97 Å². The molecule has 0 unspecified atom stereocenters. The second-order valence-corrected chi connectivity index (χ2v) is 6.01. The molecule has 112 valence electrons. The summed E-state index contributed by atoms with van der Waals surface area (Å²) in [6, 6.07) is 6.51. The van der Waals surface area contributed by atoms with Crippen LogP contribution in [0.15, 0.2) is 29.2 Å². The topological polar surface area (TPSA) is 75.7 Å². The molecule has 0 bridgehead atoms. The van der Waals surface area contributed by atoms with Gasteiger partial charge in [-0.1, -0.05) is 6.92 Å². The van der Waals surface area contributed by atoms with E-state index in [2.05, 4.69) is 9.46 Å². The summed E-state index contributed by atoms with van der Waals surface area (Å²) < 4.78 is 30.6. The van der Waals surface area contributed by atoms with Crippen molar-refractivity contribution in [2.24, 2.45) is 0 Å². The van der Waals surface area contributed by atoms with Crippen molar-refractivity contribution in [1.29, 1.82) is 0 Å². The highest BCUT2D eigenvalue weighted by Gasteiger charge is 2.12. The van der Waals surface area contributed by atoms with E-state index < -0.39 is 10.0 Å². The molecule has 1 aromatic carbocycles. The molecule has 0 spiro atoms. The van der Waals surface area contributed by atoms with Crippen LogP contribution in [0.2, 0.25) is 0 Å². The van der Waals surface area contributed by atoms with Gasteiger partial charge in [0.2, 0.25) is 10.0 Å². The Labute approximate surface area is 119 Å². The van der Waals surface area contributed by atoms with Gasteiger partial charge < -0.3 is 9.64 Å². The number of nitrogens with one attached hydrogen (secondary N) is 1. The zero-order valence-electron chi connectivity index (χ0n) is 11.9. The van der Waals surface area contributed by atoms with Crippen LogP contribution in [-0.2, 0) is 19.6 Å². The number of anilines is 1. The van der Waals surface area contributed by atoms with Crippen molar-refractivity contribution in [3.8, 4) is 0 Å². The second-order valence-electron chi connectivity index (χ2n) is 4.24. The van der Waals surface area contributed by atoms with Gasteiger partial charge in [0, 0.05) is 25.8 Å². The maximum Gasteiger partial charge on any atom is 0.307 e. The van der Waals surface area contributed by atoms with Crippen LogP contribution in [0.4, 0.5) is 5.69 Å². The summed E-state index contributed by atoms with van der Waals surface area (Å²) in [6.07, 6.45) is 0.282. The van der Waals surface area contributed by atoms with Crippen LogP contribution in [0.5, 0.6) is 0 Å². The molecule has 1 N–H and O–H groups in total. The fourth-order valence-electron chi connectivity index (χ4n) is 1.64. The zero-order valence-corrected chi connectivity index (χ0v) is 12.7. The van der Waals surface area contributed by atoms with Crippen molar-refractivity contribution in [2.45, 2.75) is 18.2 Å². The van der Waals surface area contributed by atoms with Crippen LogP contribution >= 0.6 is 0 Å². The van der Waals surface area contributed by atoms with Gasteiger partial charge in [-0.2, -0.15) is 0 Å². The maximum absolute atomic E-state index is 11.8. The number of benzene rings is 1. The highest BCUT2D eigenvalue weighted by molar-refractivity contribution is 7.89. The van der Waals surface area contributed by atoms with Crippen LogP contribution in [0.1, 0.15) is 13.3 Å². The number of carbonyl (C=O) groups is 1. The Bertz CT molecular complexity index is 540. The molecule has 0 saturated heterocycles. The third-order valence-electron chi connectivity index (χ3n) is 2.80. The lowest BCUT2D eigenvalue weighted by Crippen LogP contribution is -2.24. The van der Waals surface area contributed by atoms with Crippen LogP contribution < -0.4 is 9.62 Å². The van der Waals surface area contributed by atoms with E-state index in [4.69, 9.17) is 0 Å². The average molecular weight is 300 g/mol. The largest absolute Gasteiger partial charge is 0.469 e. The Kier molecular flexibility index (Phi) is 5.97. The smallest absolute Gasteiger partial charge is 0.307 e. The number of esters is 1. The van der Waals surface area contributed by atoms with E-state index in [1.54, 1.807) is 31.2 Å². The summed E-state index contributed by atoms with van der Waals surface area (Å²) in [5, 5.41) is 0. The normalized spacial score (nSPS) is 11.2. The number of hydrogen-bond donors (Lipinski definition) is 1. The molecule has 0 aliphatic heterocycles. The van der Waals surface area contributed by atoms with Crippen LogP contribution in [0.25, 0.3) is 0 Å². The average Bonchev–Trinajstić information content (AvgIpc) is 2.44. The van der Waals surface area contributed by atoms with Crippen molar-refractivity contribution >= 4 is 21.7 Å². The van der Waals surface area contributed by atoms with Gasteiger partial charge in [0.05, 0.1) is 18.4 Å². The molecule has 0 radical (unpaired) electrons. The van der Waals surface area contributed by atoms with Crippen molar-refractivity contribution < 1.29 is 17.9 Å². The number of methoxy groups -OCH3 is 1. The molecule has 0 aliphatic carbocycles. The predicted octanol–water partition coefficient (Wildman–Crippen LogP) is 0.984. The lowest BCUT2D eigenvalue weighted by molar-refractivity contribution is -0.140. The summed E-state index contributed by atoms with van der Waals surface area (Å²) >= 11 is 0. The van der Waals surface area contributed by atoms with Gasteiger partial charge in [0.1, 0.15) is 0 Å². The molecule has 1 aromatic rings. The van der Waals surface area contributed by atoms with Gasteiger partial charge in [-0.15, -0.1) is 0 Å². The van der Waals surface area contributed by atoms with E-state index in [9.17, 15) is 13.2 Å². The first kappa shape index (κ1) is 16.5. The number of nitrogens with zero attached hydrogens (tertiary/aromatic N) is 1. The SMILES string of the molecule is CCNS(=O)(=O)c1ccc(N(C)CCC(=O)OC)cc1.